The molecule has 1 aliphatic rings. The Balaban J connectivity index is 2.45. The Labute approximate surface area is 118 Å². The molecule has 0 bridgehead atoms. The lowest BCUT2D eigenvalue weighted by Crippen LogP contribution is -2.49. The summed E-state index contributed by atoms with van der Waals surface area (Å²) in [6.45, 7) is 6.61. The van der Waals surface area contributed by atoms with Crippen molar-refractivity contribution in [3.63, 3.8) is 0 Å². The molecule has 1 aliphatic heterocycles. The lowest BCUT2D eigenvalue weighted by Gasteiger charge is -2.32. The molecule has 0 spiro atoms. The fraction of sp³-hybridized carbons (Fsp3) is 0.462. The zero-order valence-electron chi connectivity index (χ0n) is 10.6. The minimum absolute atomic E-state index is 0.509. The lowest BCUT2D eigenvalue weighted by molar-refractivity contribution is 0.443. The van der Waals surface area contributed by atoms with E-state index in [4.69, 9.17) is 28.9 Å². The van der Waals surface area contributed by atoms with Gasteiger partial charge in [-0.1, -0.05) is 35.3 Å². The fourth-order valence-corrected chi connectivity index (χ4v) is 2.81. The van der Waals surface area contributed by atoms with Crippen LogP contribution in [0.15, 0.2) is 23.2 Å². The van der Waals surface area contributed by atoms with Crippen molar-refractivity contribution in [3.8, 4) is 0 Å². The molecule has 0 amide bonds. The molecule has 1 atom stereocenters. The number of amidine groups is 1. The van der Waals surface area contributed by atoms with E-state index in [1.54, 1.807) is 6.07 Å². The first-order chi connectivity index (χ1) is 8.48. The van der Waals surface area contributed by atoms with Crippen molar-refractivity contribution in [2.75, 3.05) is 19.6 Å². The van der Waals surface area contributed by atoms with Gasteiger partial charge in [0.05, 0.1) is 22.1 Å². The summed E-state index contributed by atoms with van der Waals surface area (Å²) >= 11 is 12.3. The molecule has 1 aromatic carbocycles. The molecular weight excluding hydrogens is 269 g/mol. The van der Waals surface area contributed by atoms with Gasteiger partial charge in [0.15, 0.2) is 0 Å². The Morgan fingerprint density at radius 3 is 2.83 bits per heavy atom. The van der Waals surface area contributed by atoms with Crippen LogP contribution in [0.1, 0.15) is 19.4 Å². The average molecular weight is 286 g/mol. The molecule has 0 fully saturated rings. The highest BCUT2D eigenvalue weighted by atomic mass is 35.5. The Morgan fingerprint density at radius 1 is 1.44 bits per heavy atom. The normalized spacial score (nSPS) is 18.7. The van der Waals surface area contributed by atoms with Crippen LogP contribution in [0, 0.1) is 0 Å². The lowest BCUT2D eigenvalue weighted by atomic mass is 9.91. The summed E-state index contributed by atoms with van der Waals surface area (Å²) in [5, 5.41) is 1.03. The highest BCUT2D eigenvalue weighted by molar-refractivity contribution is 6.42. The molecule has 0 aromatic heterocycles. The minimum Gasteiger partial charge on any atom is -0.357 e. The second kappa shape index (κ2) is 5.08. The largest absolute Gasteiger partial charge is 0.357 e. The van der Waals surface area contributed by atoms with Gasteiger partial charge in [0.25, 0.3) is 0 Å². The molecule has 0 saturated carbocycles. The number of aliphatic imine (C=N–C) groups is 1. The van der Waals surface area contributed by atoms with Crippen molar-refractivity contribution in [2.45, 2.75) is 19.4 Å². The van der Waals surface area contributed by atoms with E-state index in [-0.39, 0.29) is 0 Å². The van der Waals surface area contributed by atoms with Crippen LogP contribution < -0.4 is 5.73 Å². The van der Waals surface area contributed by atoms with E-state index in [0.29, 0.717) is 10.0 Å². The van der Waals surface area contributed by atoms with Crippen molar-refractivity contribution in [3.05, 3.63) is 33.8 Å². The third-order valence-electron chi connectivity index (χ3n) is 3.29. The third kappa shape index (κ3) is 2.22. The van der Waals surface area contributed by atoms with Gasteiger partial charge in [-0.2, -0.15) is 0 Å². The molecule has 5 heteroatoms. The molecule has 2 N–H and O–H groups in total. The topological polar surface area (TPSA) is 41.6 Å². The van der Waals surface area contributed by atoms with Crippen molar-refractivity contribution in [2.24, 2.45) is 10.7 Å². The quantitative estimate of drug-likeness (QED) is 0.928. The Hall–Kier alpha value is -0.770. The summed E-state index contributed by atoms with van der Waals surface area (Å²) in [6.07, 6.45) is 0. The van der Waals surface area contributed by atoms with Gasteiger partial charge in [-0.25, -0.2) is 0 Å². The van der Waals surface area contributed by atoms with Crippen LogP contribution in [0.25, 0.3) is 0 Å². The van der Waals surface area contributed by atoms with Crippen molar-refractivity contribution in [1.82, 2.24) is 4.90 Å². The number of hydrogen-bond donors (Lipinski definition) is 1. The van der Waals surface area contributed by atoms with E-state index in [2.05, 4.69) is 16.8 Å². The molecule has 1 unspecified atom stereocenters. The third-order valence-corrected chi connectivity index (χ3v) is 4.11. The molecule has 1 aromatic rings. The molecule has 0 radical (unpaired) electrons. The average Bonchev–Trinajstić information content (AvgIpc) is 2.81. The zero-order chi connectivity index (χ0) is 13.3. The maximum absolute atomic E-state index is 6.46. The molecule has 0 saturated heterocycles. The summed E-state index contributed by atoms with van der Waals surface area (Å²) in [5.74, 6) is 0.883. The second-order valence-electron chi connectivity index (χ2n) is 4.59. The predicted octanol–water partition coefficient (Wildman–Crippen LogP) is 2.90. The number of likely N-dealkylation sites (N-methyl/N-ethyl adjacent to an activating group) is 1. The predicted molar refractivity (Wildman–Crippen MR) is 77.6 cm³/mol. The second-order valence-corrected chi connectivity index (χ2v) is 5.37. The molecule has 98 valence electrons. The van der Waals surface area contributed by atoms with E-state index in [9.17, 15) is 0 Å². The van der Waals surface area contributed by atoms with E-state index >= 15 is 0 Å². The molecule has 0 aliphatic carbocycles. The summed E-state index contributed by atoms with van der Waals surface area (Å²) in [4.78, 5) is 6.70. The number of nitrogens with two attached hydrogens (primary N) is 1. The van der Waals surface area contributed by atoms with Crippen LogP contribution >= 0.6 is 23.2 Å². The first-order valence-electron chi connectivity index (χ1n) is 6.01. The van der Waals surface area contributed by atoms with Gasteiger partial charge in [0, 0.05) is 13.1 Å². The molecule has 1 heterocycles. The Kier molecular flexibility index (Phi) is 3.85. The van der Waals surface area contributed by atoms with E-state index in [0.717, 1.165) is 31.0 Å². The van der Waals surface area contributed by atoms with Gasteiger partial charge in [-0.05, 0) is 25.5 Å². The first kappa shape index (κ1) is 13.7. The maximum Gasteiger partial charge on any atom is 0.124 e. The van der Waals surface area contributed by atoms with Gasteiger partial charge in [0.1, 0.15) is 5.84 Å². The minimum atomic E-state index is -0.714. The Morgan fingerprint density at radius 2 is 2.17 bits per heavy atom. The number of benzene rings is 1. The van der Waals surface area contributed by atoms with Crippen LogP contribution in [-0.2, 0) is 5.54 Å². The monoisotopic (exact) mass is 285 g/mol. The summed E-state index contributed by atoms with van der Waals surface area (Å²) in [5.41, 5.74) is 6.57. The molecule has 3 nitrogen and oxygen atoms in total. The summed E-state index contributed by atoms with van der Waals surface area (Å²) in [7, 11) is 0. The SMILES string of the molecule is CCN1CCN=C1C(C)(N)c1cccc(Cl)c1Cl. The molecule has 2 rings (SSSR count). The molecule has 18 heavy (non-hydrogen) atoms. The summed E-state index contributed by atoms with van der Waals surface area (Å²) < 4.78 is 0. The van der Waals surface area contributed by atoms with Crippen molar-refractivity contribution in [1.29, 1.82) is 0 Å². The van der Waals surface area contributed by atoms with Crippen LogP contribution in [0.5, 0.6) is 0 Å². The highest BCUT2D eigenvalue weighted by Crippen LogP contribution is 2.34. The highest BCUT2D eigenvalue weighted by Gasteiger charge is 2.35. The smallest absolute Gasteiger partial charge is 0.124 e. The number of nitrogens with zero attached hydrogens (tertiary/aromatic N) is 2. The fourth-order valence-electron chi connectivity index (χ4n) is 2.31. The summed E-state index contributed by atoms with van der Waals surface area (Å²) in [6, 6.07) is 5.53. The van der Waals surface area contributed by atoms with E-state index < -0.39 is 5.54 Å². The van der Waals surface area contributed by atoms with Crippen molar-refractivity contribution >= 4 is 29.0 Å². The first-order valence-corrected chi connectivity index (χ1v) is 6.77. The van der Waals surface area contributed by atoms with Gasteiger partial charge in [-0.3, -0.25) is 4.99 Å². The van der Waals surface area contributed by atoms with E-state index in [1.165, 1.54) is 0 Å². The van der Waals surface area contributed by atoms with Crippen LogP contribution in [-0.4, -0.2) is 30.4 Å². The zero-order valence-corrected chi connectivity index (χ0v) is 12.1. The number of halogens is 2. The van der Waals surface area contributed by atoms with Gasteiger partial charge >= 0.3 is 0 Å². The van der Waals surface area contributed by atoms with Gasteiger partial charge in [-0.15, -0.1) is 0 Å². The number of rotatable bonds is 3. The van der Waals surface area contributed by atoms with Gasteiger partial charge in [0.2, 0.25) is 0 Å². The van der Waals surface area contributed by atoms with E-state index in [1.807, 2.05) is 19.1 Å². The van der Waals surface area contributed by atoms with Crippen molar-refractivity contribution < 1.29 is 0 Å². The standard InChI is InChI=1S/C13H17Cl2N3/c1-3-18-8-7-17-12(18)13(2,16)9-5-4-6-10(14)11(9)15/h4-6H,3,7-8,16H2,1-2H3. The van der Waals surface area contributed by atoms with Crippen LogP contribution in [0.3, 0.4) is 0 Å². The van der Waals surface area contributed by atoms with Crippen LogP contribution in [0.2, 0.25) is 10.0 Å². The Bertz CT molecular complexity index is 483. The maximum atomic E-state index is 6.46. The van der Waals surface area contributed by atoms with Crippen LogP contribution in [0.4, 0.5) is 0 Å². The number of hydrogen-bond acceptors (Lipinski definition) is 3. The molecular formula is C13H17Cl2N3. The van der Waals surface area contributed by atoms with Gasteiger partial charge < -0.3 is 10.6 Å².